The van der Waals surface area contributed by atoms with Gasteiger partial charge in [0, 0.05) is 5.56 Å². The summed E-state index contributed by atoms with van der Waals surface area (Å²) in [6.07, 6.45) is 0.199. The first-order chi connectivity index (χ1) is 9.61. The van der Waals surface area contributed by atoms with E-state index in [0.717, 1.165) is 16.8 Å². The number of hydrogen-bond donors (Lipinski definition) is 2. The number of aliphatic hydroxyl groups excluding tert-OH is 1. The van der Waals surface area contributed by atoms with Crippen LogP contribution in [0, 0.1) is 13.8 Å². The van der Waals surface area contributed by atoms with Crippen molar-refractivity contribution in [2.24, 2.45) is 0 Å². The molecular weight excluding hydrogens is 256 g/mol. The first-order valence-electron chi connectivity index (χ1n) is 6.48. The summed E-state index contributed by atoms with van der Waals surface area (Å²) in [7, 11) is 0. The Morgan fingerprint density at radius 1 is 1.35 bits per heavy atom. The number of carbonyl (C=O) groups excluding carboxylic acids is 1. The van der Waals surface area contributed by atoms with E-state index in [0.29, 0.717) is 5.76 Å². The number of aromatic nitrogens is 1. The topological polar surface area (TPSA) is 75.4 Å². The molecule has 0 fully saturated rings. The summed E-state index contributed by atoms with van der Waals surface area (Å²) in [6, 6.07) is 8.98. The first kappa shape index (κ1) is 14.3. The van der Waals surface area contributed by atoms with Crippen LogP contribution in [0.5, 0.6) is 0 Å². The fraction of sp³-hybridized carbons (Fsp3) is 0.333. The maximum Gasteiger partial charge on any atom is 0.225 e. The van der Waals surface area contributed by atoms with E-state index < -0.39 is 6.04 Å². The molecule has 0 aliphatic rings. The zero-order chi connectivity index (χ0) is 14.5. The van der Waals surface area contributed by atoms with Crippen LogP contribution in [0.15, 0.2) is 34.9 Å². The molecule has 2 N–H and O–H groups in total. The predicted molar refractivity (Wildman–Crippen MR) is 74.1 cm³/mol. The number of hydrogen-bond acceptors (Lipinski definition) is 4. The Hall–Kier alpha value is -2.14. The molecule has 0 saturated heterocycles. The highest BCUT2D eigenvalue weighted by Gasteiger charge is 2.17. The van der Waals surface area contributed by atoms with Crippen LogP contribution in [-0.2, 0) is 11.2 Å². The van der Waals surface area contributed by atoms with E-state index in [-0.39, 0.29) is 18.9 Å². The van der Waals surface area contributed by atoms with Gasteiger partial charge in [0.15, 0.2) is 0 Å². The van der Waals surface area contributed by atoms with Crippen LogP contribution in [-0.4, -0.2) is 22.8 Å². The standard InChI is InChI=1S/C15H18N2O3/c1-10-13(11(2)20-17-10)8-15(19)16-14(9-18)12-6-4-3-5-7-12/h3-7,14,18H,8-9H2,1-2H3,(H,16,19). The number of nitrogens with zero attached hydrogens (tertiary/aromatic N) is 1. The van der Waals surface area contributed by atoms with Crippen LogP contribution in [0.2, 0.25) is 0 Å². The minimum absolute atomic E-state index is 0.142. The first-order valence-corrected chi connectivity index (χ1v) is 6.48. The summed E-state index contributed by atoms with van der Waals surface area (Å²) in [5, 5.41) is 16.1. The number of carbonyl (C=O) groups is 1. The number of rotatable bonds is 5. The van der Waals surface area contributed by atoms with Crippen LogP contribution in [0.25, 0.3) is 0 Å². The molecule has 1 aromatic heterocycles. The van der Waals surface area contributed by atoms with E-state index in [9.17, 15) is 9.90 Å². The molecule has 0 saturated carbocycles. The summed E-state index contributed by atoms with van der Waals surface area (Å²) >= 11 is 0. The quantitative estimate of drug-likeness (QED) is 0.870. The molecule has 5 heteroatoms. The summed E-state index contributed by atoms with van der Waals surface area (Å²) < 4.78 is 5.03. The van der Waals surface area contributed by atoms with Crippen molar-refractivity contribution in [1.29, 1.82) is 0 Å². The van der Waals surface area contributed by atoms with Gasteiger partial charge in [0.2, 0.25) is 5.91 Å². The Labute approximate surface area is 117 Å². The minimum atomic E-state index is -0.399. The Balaban J connectivity index is 2.03. The molecule has 5 nitrogen and oxygen atoms in total. The molecule has 2 rings (SSSR count). The summed E-state index contributed by atoms with van der Waals surface area (Å²) in [5.41, 5.74) is 2.40. The zero-order valence-electron chi connectivity index (χ0n) is 11.6. The van der Waals surface area contributed by atoms with Gasteiger partial charge in [-0.1, -0.05) is 35.5 Å². The van der Waals surface area contributed by atoms with Crippen molar-refractivity contribution in [2.75, 3.05) is 6.61 Å². The van der Waals surface area contributed by atoms with E-state index in [1.165, 1.54) is 0 Å². The van der Waals surface area contributed by atoms with Crippen molar-refractivity contribution in [2.45, 2.75) is 26.3 Å². The van der Waals surface area contributed by atoms with E-state index in [2.05, 4.69) is 10.5 Å². The molecule has 20 heavy (non-hydrogen) atoms. The fourth-order valence-electron chi connectivity index (χ4n) is 2.08. The smallest absolute Gasteiger partial charge is 0.225 e. The minimum Gasteiger partial charge on any atom is -0.394 e. The third-order valence-corrected chi connectivity index (χ3v) is 3.24. The average Bonchev–Trinajstić information content (AvgIpc) is 2.77. The average molecular weight is 274 g/mol. The van der Waals surface area contributed by atoms with Crippen molar-refractivity contribution >= 4 is 5.91 Å². The van der Waals surface area contributed by atoms with Gasteiger partial charge in [-0.15, -0.1) is 0 Å². The molecule has 1 unspecified atom stereocenters. The van der Waals surface area contributed by atoms with Gasteiger partial charge in [-0.25, -0.2) is 0 Å². The van der Waals surface area contributed by atoms with Gasteiger partial charge in [-0.05, 0) is 19.4 Å². The van der Waals surface area contributed by atoms with Gasteiger partial charge < -0.3 is 14.9 Å². The van der Waals surface area contributed by atoms with Crippen molar-refractivity contribution in [1.82, 2.24) is 10.5 Å². The number of aryl methyl sites for hydroxylation is 2. The Morgan fingerprint density at radius 3 is 2.60 bits per heavy atom. The molecule has 1 aromatic carbocycles. The Bertz CT molecular complexity index is 559. The van der Waals surface area contributed by atoms with Gasteiger partial charge in [-0.3, -0.25) is 4.79 Å². The second kappa shape index (κ2) is 6.34. The van der Waals surface area contributed by atoms with Gasteiger partial charge in [-0.2, -0.15) is 0 Å². The Morgan fingerprint density at radius 2 is 2.05 bits per heavy atom. The third kappa shape index (κ3) is 3.24. The molecule has 106 valence electrons. The largest absolute Gasteiger partial charge is 0.394 e. The molecule has 0 aliphatic heterocycles. The summed E-state index contributed by atoms with van der Waals surface area (Å²) in [4.78, 5) is 12.1. The van der Waals surface area contributed by atoms with Crippen LogP contribution in [0.4, 0.5) is 0 Å². The van der Waals surface area contributed by atoms with Crippen LogP contribution in [0.3, 0.4) is 0 Å². The van der Waals surface area contributed by atoms with Crippen molar-refractivity contribution in [3.8, 4) is 0 Å². The molecular formula is C15H18N2O3. The van der Waals surface area contributed by atoms with Crippen LogP contribution >= 0.6 is 0 Å². The van der Waals surface area contributed by atoms with Crippen LogP contribution < -0.4 is 5.32 Å². The maximum absolute atomic E-state index is 12.1. The van der Waals surface area contributed by atoms with Crippen LogP contribution in [0.1, 0.15) is 28.6 Å². The van der Waals surface area contributed by atoms with E-state index in [4.69, 9.17) is 4.52 Å². The number of nitrogens with one attached hydrogen (secondary N) is 1. The SMILES string of the molecule is Cc1noc(C)c1CC(=O)NC(CO)c1ccccc1. The number of benzene rings is 1. The second-order valence-electron chi connectivity index (χ2n) is 4.69. The number of aliphatic hydroxyl groups is 1. The lowest BCUT2D eigenvalue weighted by Gasteiger charge is -2.16. The monoisotopic (exact) mass is 274 g/mol. The highest BCUT2D eigenvalue weighted by Crippen LogP contribution is 2.15. The highest BCUT2D eigenvalue weighted by molar-refractivity contribution is 5.79. The second-order valence-corrected chi connectivity index (χ2v) is 4.69. The molecule has 0 aliphatic carbocycles. The molecule has 0 radical (unpaired) electrons. The molecule has 0 bridgehead atoms. The predicted octanol–water partition coefficient (Wildman–Crippen LogP) is 1.68. The lowest BCUT2D eigenvalue weighted by atomic mass is 10.1. The lowest BCUT2D eigenvalue weighted by molar-refractivity contribution is -0.121. The number of amides is 1. The molecule has 1 heterocycles. The van der Waals surface area contributed by atoms with E-state index in [1.807, 2.05) is 30.3 Å². The van der Waals surface area contributed by atoms with Gasteiger partial charge in [0.25, 0.3) is 0 Å². The summed E-state index contributed by atoms with van der Waals surface area (Å²) in [6.45, 7) is 3.44. The van der Waals surface area contributed by atoms with Crippen molar-refractivity contribution in [3.63, 3.8) is 0 Å². The van der Waals surface area contributed by atoms with E-state index >= 15 is 0 Å². The molecule has 2 aromatic rings. The van der Waals surface area contributed by atoms with Gasteiger partial charge in [0.1, 0.15) is 5.76 Å². The molecule has 0 spiro atoms. The van der Waals surface area contributed by atoms with Crippen molar-refractivity contribution in [3.05, 3.63) is 52.9 Å². The zero-order valence-corrected chi connectivity index (χ0v) is 11.6. The Kier molecular flexibility index (Phi) is 4.53. The fourth-order valence-corrected chi connectivity index (χ4v) is 2.08. The normalized spacial score (nSPS) is 12.2. The molecule has 1 atom stereocenters. The molecule has 1 amide bonds. The lowest BCUT2D eigenvalue weighted by Crippen LogP contribution is -2.32. The van der Waals surface area contributed by atoms with Crippen molar-refractivity contribution < 1.29 is 14.4 Å². The van der Waals surface area contributed by atoms with Gasteiger partial charge >= 0.3 is 0 Å². The maximum atomic E-state index is 12.1. The highest BCUT2D eigenvalue weighted by atomic mass is 16.5. The third-order valence-electron chi connectivity index (χ3n) is 3.24. The summed E-state index contributed by atoms with van der Waals surface area (Å²) in [5.74, 6) is 0.486. The van der Waals surface area contributed by atoms with E-state index in [1.54, 1.807) is 13.8 Å². The van der Waals surface area contributed by atoms with Gasteiger partial charge in [0.05, 0.1) is 24.8 Å².